The highest BCUT2D eigenvalue weighted by atomic mass is 32.2. The van der Waals surface area contributed by atoms with Crippen LogP contribution in [0.25, 0.3) is 11.0 Å². The summed E-state index contributed by atoms with van der Waals surface area (Å²) in [6.45, 7) is 7.34. The van der Waals surface area contributed by atoms with Crippen molar-refractivity contribution in [2.45, 2.75) is 45.3 Å². The van der Waals surface area contributed by atoms with E-state index in [1.807, 2.05) is 19.1 Å². The first-order valence-electron chi connectivity index (χ1n) is 7.37. The first-order valence-corrected chi connectivity index (χ1v) is 8.35. The number of fused-ring (bicyclic) bond motifs is 1. The van der Waals surface area contributed by atoms with Gasteiger partial charge in [-0.2, -0.15) is 0 Å². The SMILES string of the molecule is CCC(CC)Cn1c(SCC(=O)O)nc2c(C)cccc21. The van der Waals surface area contributed by atoms with E-state index in [0.29, 0.717) is 5.92 Å². The van der Waals surface area contributed by atoms with Crippen LogP contribution in [0.5, 0.6) is 0 Å². The number of nitrogens with zero attached hydrogens (tertiary/aromatic N) is 2. The van der Waals surface area contributed by atoms with Crippen molar-refractivity contribution in [1.82, 2.24) is 9.55 Å². The van der Waals surface area contributed by atoms with E-state index in [2.05, 4.69) is 29.5 Å². The fourth-order valence-corrected chi connectivity index (χ4v) is 3.22. The van der Waals surface area contributed by atoms with Crippen molar-refractivity contribution in [1.29, 1.82) is 0 Å². The van der Waals surface area contributed by atoms with Crippen LogP contribution in [0.1, 0.15) is 32.3 Å². The third-order valence-corrected chi connectivity index (χ3v) is 4.83. The molecule has 0 radical (unpaired) electrons. The lowest BCUT2D eigenvalue weighted by atomic mass is 10.0. The van der Waals surface area contributed by atoms with Gasteiger partial charge in [-0.1, -0.05) is 50.6 Å². The molecule has 21 heavy (non-hydrogen) atoms. The largest absolute Gasteiger partial charge is 0.481 e. The van der Waals surface area contributed by atoms with Gasteiger partial charge in [-0.25, -0.2) is 4.98 Å². The summed E-state index contributed by atoms with van der Waals surface area (Å²) in [6, 6.07) is 6.15. The van der Waals surface area contributed by atoms with E-state index in [4.69, 9.17) is 5.11 Å². The third kappa shape index (κ3) is 3.59. The van der Waals surface area contributed by atoms with Gasteiger partial charge in [0.05, 0.1) is 16.8 Å². The van der Waals surface area contributed by atoms with E-state index in [1.54, 1.807) is 0 Å². The number of aryl methyl sites for hydroxylation is 1. The third-order valence-electron chi connectivity index (χ3n) is 3.87. The number of carboxylic acid groups (broad SMARTS) is 1. The Labute approximate surface area is 129 Å². The molecule has 0 spiro atoms. The van der Waals surface area contributed by atoms with Crippen molar-refractivity contribution < 1.29 is 9.90 Å². The Morgan fingerprint density at radius 2 is 2.10 bits per heavy atom. The molecular formula is C16H22N2O2S. The van der Waals surface area contributed by atoms with Gasteiger partial charge < -0.3 is 9.67 Å². The van der Waals surface area contributed by atoms with Crippen LogP contribution < -0.4 is 0 Å². The summed E-state index contributed by atoms with van der Waals surface area (Å²) in [5.41, 5.74) is 3.22. The molecule has 0 aliphatic carbocycles. The van der Waals surface area contributed by atoms with E-state index < -0.39 is 5.97 Å². The maximum absolute atomic E-state index is 10.8. The van der Waals surface area contributed by atoms with Crippen molar-refractivity contribution in [3.63, 3.8) is 0 Å². The van der Waals surface area contributed by atoms with Crippen LogP contribution in [0.3, 0.4) is 0 Å². The highest BCUT2D eigenvalue weighted by molar-refractivity contribution is 7.99. The second-order valence-corrected chi connectivity index (χ2v) is 6.26. The number of rotatable bonds is 7. The van der Waals surface area contributed by atoms with Crippen molar-refractivity contribution in [3.8, 4) is 0 Å². The van der Waals surface area contributed by atoms with Crippen LogP contribution >= 0.6 is 11.8 Å². The molecule has 1 aromatic heterocycles. The molecule has 0 saturated heterocycles. The molecule has 0 aliphatic rings. The maximum atomic E-state index is 10.8. The Morgan fingerprint density at radius 1 is 1.38 bits per heavy atom. The minimum absolute atomic E-state index is 0.0469. The molecule has 2 rings (SSSR count). The molecule has 0 aliphatic heterocycles. The average molecular weight is 306 g/mol. The van der Waals surface area contributed by atoms with Gasteiger partial charge in [-0.3, -0.25) is 4.79 Å². The van der Waals surface area contributed by atoms with Crippen molar-refractivity contribution in [2.24, 2.45) is 5.92 Å². The van der Waals surface area contributed by atoms with Crippen LogP contribution in [0.4, 0.5) is 0 Å². The fourth-order valence-electron chi connectivity index (χ4n) is 2.48. The van der Waals surface area contributed by atoms with Gasteiger partial charge >= 0.3 is 5.97 Å². The predicted molar refractivity (Wildman–Crippen MR) is 86.9 cm³/mol. The van der Waals surface area contributed by atoms with Gasteiger partial charge in [0.25, 0.3) is 0 Å². The highest BCUT2D eigenvalue weighted by Gasteiger charge is 2.16. The molecule has 1 N–H and O–H groups in total. The minimum atomic E-state index is -0.808. The van der Waals surface area contributed by atoms with Crippen LogP contribution in [0.15, 0.2) is 23.4 Å². The van der Waals surface area contributed by atoms with E-state index in [0.717, 1.165) is 41.1 Å². The second-order valence-electron chi connectivity index (χ2n) is 5.31. The van der Waals surface area contributed by atoms with Gasteiger partial charge in [0.1, 0.15) is 0 Å². The number of thioether (sulfide) groups is 1. The molecule has 4 nitrogen and oxygen atoms in total. The molecule has 2 aromatic rings. The predicted octanol–water partition coefficient (Wildman–Crippen LogP) is 3.96. The number of aliphatic carboxylic acids is 1. The topological polar surface area (TPSA) is 55.1 Å². The zero-order chi connectivity index (χ0) is 15.4. The molecule has 1 aromatic carbocycles. The summed E-state index contributed by atoms with van der Waals surface area (Å²) in [5, 5.41) is 9.73. The summed E-state index contributed by atoms with van der Waals surface area (Å²) >= 11 is 1.30. The first kappa shape index (κ1) is 15.9. The minimum Gasteiger partial charge on any atom is -0.481 e. The number of hydrogen-bond donors (Lipinski definition) is 1. The molecule has 0 unspecified atom stereocenters. The second kappa shape index (κ2) is 6.98. The van der Waals surface area contributed by atoms with E-state index in [1.165, 1.54) is 11.8 Å². The van der Waals surface area contributed by atoms with Crippen molar-refractivity contribution in [2.75, 3.05) is 5.75 Å². The number of carboxylic acids is 1. The van der Waals surface area contributed by atoms with Gasteiger partial charge in [0, 0.05) is 6.54 Å². The molecule has 0 bridgehead atoms. The van der Waals surface area contributed by atoms with Crippen LogP contribution in [0, 0.1) is 12.8 Å². The quantitative estimate of drug-likeness (QED) is 0.787. The van der Waals surface area contributed by atoms with Crippen LogP contribution in [-0.2, 0) is 11.3 Å². The Hall–Kier alpha value is -1.49. The van der Waals surface area contributed by atoms with E-state index >= 15 is 0 Å². The van der Waals surface area contributed by atoms with Gasteiger partial charge in [0.15, 0.2) is 5.16 Å². The molecule has 0 saturated carbocycles. The summed E-state index contributed by atoms with van der Waals surface area (Å²) in [7, 11) is 0. The summed E-state index contributed by atoms with van der Waals surface area (Å²) in [4.78, 5) is 15.5. The number of imidazole rings is 1. The lowest BCUT2D eigenvalue weighted by molar-refractivity contribution is -0.133. The number of benzene rings is 1. The van der Waals surface area contributed by atoms with Crippen molar-refractivity contribution in [3.05, 3.63) is 23.8 Å². The first-order chi connectivity index (χ1) is 10.1. The van der Waals surface area contributed by atoms with Gasteiger partial charge in [0.2, 0.25) is 0 Å². The lowest BCUT2D eigenvalue weighted by Crippen LogP contribution is -2.11. The monoisotopic (exact) mass is 306 g/mol. The summed E-state index contributed by atoms with van der Waals surface area (Å²) < 4.78 is 2.19. The maximum Gasteiger partial charge on any atom is 0.313 e. The van der Waals surface area contributed by atoms with Crippen LogP contribution in [0.2, 0.25) is 0 Å². The number of carbonyl (C=O) groups is 1. The highest BCUT2D eigenvalue weighted by Crippen LogP contribution is 2.28. The molecule has 0 fully saturated rings. The van der Waals surface area contributed by atoms with E-state index in [-0.39, 0.29) is 5.75 Å². The Balaban J connectivity index is 2.44. The van der Waals surface area contributed by atoms with E-state index in [9.17, 15) is 4.79 Å². The van der Waals surface area contributed by atoms with Gasteiger partial charge in [-0.15, -0.1) is 0 Å². The summed E-state index contributed by atoms with van der Waals surface area (Å²) in [6.07, 6.45) is 2.23. The number of para-hydroxylation sites is 1. The Bertz CT molecular complexity index is 632. The molecule has 0 atom stereocenters. The molecular weight excluding hydrogens is 284 g/mol. The van der Waals surface area contributed by atoms with Crippen molar-refractivity contribution >= 4 is 28.8 Å². The number of aromatic nitrogens is 2. The average Bonchev–Trinajstić information content (AvgIpc) is 2.82. The normalized spacial score (nSPS) is 11.4. The Kier molecular flexibility index (Phi) is 5.28. The summed E-state index contributed by atoms with van der Waals surface area (Å²) in [5.74, 6) is -0.171. The zero-order valence-electron chi connectivity index (χ0n) is 12.8. The zero-order valence-corrected chi connectivity index (χ0v) is 13.6. The molecule has 1 heterocycles. The standard InChI is InChI=1S/C16H22N2O2S/c1-4-12(5-2)9-18-13-8-6-7-11(3)15(13)17-16(18)21-10-14(19)20/h6-8,12H,4-5,9-10H2,1-3H3,(H,19,20). The van der Waals surface area contributed by atoms with Gasteiger partial charge in [-0.05, 0) is 24.5 Å². The Morgan fingerprint density at radius 3 is 2.71 bits per heavy atom. The molecule has 0 amide bonds. The smallest absolute Gasteiger partial charge is 0.313 e. The number of hydrogen-bond acceptors (Lipinski definition) is 3. The molecule has 5 heteroatoms. The fraction of sp³-hybridized carbons (Fsp3) is 0.500. The molecule has 114 valence electrons. The lowest BCUT2D eigenvalue weighted by Gasteiger charge is -2.15. The van der Waals surface area contributed by atoms with Crippen LogP contribution in [-0.4, -0.2) is 26.4 Å².